The fourth-order valence-electron chi connectivity index (χ4n) is 3.80. The Bertz CT molecular complexity index is 902. The van der Waals surface area contributed by atoms with E-state index in [0.717, 1.165) is 38.0 Å². The van der Waals surface area contributed by atoms with Crippen molar-refractivity contribution in [3.05, 3.63) is 47.3 Å². The summed E-state index contributed by atoms with van der Waals surface area (Å²) >= 11 is 0. The largest absolute Gasteiger partial charge is 0.335 e. The van der Waals surface area contributed by atoms with Crippen molar-refractivity contribution in [1.82, 2.24) is 19.4 Å². The second-order valence-electron chi connectivity index (χ2n) is 7.40. The summed E-state index contributed by atoms with van der Waals surface area (Å²) in [4.78, 5) is 34.3. The van der Waals surface area contributed by atoms with Gasteiger partial charge in [-0.1, -0.05) is 6.07 Å². The van der Waals surface area contributed by atoms with Crippen LogP contribution in [0, 0.1) is 5.82 Å². The van der Waals surface area contributed by atoms with Crippen molar-refractivity contribution >= 4 is 17.5 Å². The lowest BCUT2D eigenvalue weighted by molar-refractivity contribution is 0.0657. The average molecular weight is 385 g/mol. The number of halogens is 1. The van der Waals surface area contributed by atoms with Crippen LogP contribution in [0.25, 0.3) is 0 Å². The fourth-order valence-corrected chi connectivity index (χ4v) is 3.80. The number of piperazine rings is 1. The predicted octanol–water partition coefficient (Wildman–Crippen LogP) is 2.00. The number of nitrogens with one attached hydrogen (secondary N) is 1. The van der Waals surface area contributed by atoms with Gasteiger partial charge >= 0.3 is 0 Å². The van der Waals surface area contributed by atoms with E-state index in [1.807, 2.05) is 16.5 Å². The van der Waals surface area contributed by atoms with Gasteiger partial charge in [0.2, 0.25) is 0 Å². The van der Waals surface area contributed by atoms with Crippen LogP contribution < -0.4 is 5.32 Å². The number of aromatic nitrogens is 2. The molecular formula is C20H24FN5O2. The molecule has 2 aliphatic heterocycles. The maximum absolute atomic E-state index is 13.4. The lowest BCUT2D eigenvalue weighted by atomic mass is 10.1. The molecule has 2 aromatic rings. The smallest absolute Gasteiger partial charge is 0.291 e. The van der Waals surface area contributed by atoms with Crippen LogP contribution in [0.4, 0.5) is 10.1 Å². The first-order valence-electron chi connectivity index (χ1n) is 9.67. The standard InChI is InChI=1S/C20H24FN5O2/c1-24-9-11-25(12-10-24)20(28)17-16-7-2-3-8-26(16)18(23-17)19(27)22-15-6-4-5-14(21)13-15/h4-6,13H,2-3,7-12H2,1H3,(H,22,27). The van der Waals surface area contributed by atoms with Gasteiger partial charge in [0.15, 0.2) is 5.82 Å². The van der Waals surface area contributed by atoms with Crippen LogP contribution >= 0.6 is 0 Å². The molecule has 1 saturated heterocycles. The van der Waals surface area contributed by atoms with Crippen molar-refractivity contribution in [2.24, 2.45) is 0 Å². The van der Waals surface area contributed by atoms with E-state index in [1.165, 1.54) is 18.2 Å². The molecule has 8 heteroatoms. The normalized spacial score (nSPS) is 17.3. The summed E-state index contributed by atoms with van der Waals surface area (Å²) < 4.78 is 15.3. The minimum absolute atomic E-state index is 0.108. The number of anilines is 1. The number of hydrogen-bond acceptors (Lipinski definition) is 4. The molecule has 0 spiro atoms. The van der Waals surface area contributed by atoms with Crippen molar-refractivity contribution in [3.63, 3.8) is 0 Å². The highest BCUT2D eigenvalue weighted by Crippen LogP contribution is 2.23. The maximum Gasteiger partial charge on any atom is 0.291 e. The van der Waals surface area contributed by atoms with Crippen LogP contribution in [0.3, 0.4) is 0 Å². The van der Waals surface area contributed by atoms with E-state index in [0.29, 0.717) is 31.0 Å². The number of rotatable bonds is 3. The fraction of sp³-hybridized carbons (Fsp3) is 0.450. The molecule has 2 amide bonds. The van der Waals surface area contributed by atoms with Gasteiger partial charge in [0.1, 0.15) is 11.5 Å². The molecule has 1 fully saturated rings. The number of fused-ring (bicyclic) bond motifs is 1. The van der Waals surface area contributed by atoms with Gasteiger partial charge in [0.25, 0.3) is 11.8 Å². The van der Waals surface area contributed by atoms with Crippen LogP contribution in [0.15, 0.2) is 24.3 Å². The number of carbonyl (C=O) groups excluding carboxylic acids is 2. The highest BCUT2D eigenvalue weighted by atomic mass is 19.1. The first-order chi connectivity index (χ1) is 13.5. The van der Waals surface area contributed by atoms with E-state index in [9.17, 15) is 14.0 Å². The summed E-state index contributed by atoms with van der Waals surface area (Å²) in [5.41, 5.74) is 1.58. The lowest BCUT2D eigenvalue weighted by Gasteiger charge is -2.32. The molecular weight excluding hydrogens is 361 g/mol. The molecule has 3 heterocycles. The Labute approximate surface area is 163 Å². The molecule has 148 valence electrons. The summed E-state index contributed by atoms with van der Waals surface area (Å²) in [6, 6.07) is 5.74. The highest BCUT2D eigenvalue weighted by Gasteiger charge is 2.30. The van der Waals surface area contributed by atoms with Gasteiger partial charge in [0, 0.05) is 38.4 Å². The minimum atomic E-state index is -0.425. The van der Waals surface area contributed by atoms with Crippen LogP contribution in [-0.4, -0.2) is 64.4 Å². The van der Waals surface area contributed by atoms with Gasteiger partial charge in [-0.25, -0.2) is 9.37 Å². The highest BCUT2D eigenvalue weighted by molar-refractivity contribution is 6.03. The van der Waals surface area contributed by atoms with Gasteiger partial charge in [0.05, 0.1) is 5.69 Å². The zero-order chi connectivity index (χ0) is 19.7. The summed E-state index contributed by atoms with van der Waals surface area (Å²) in [6.45, 7) is 3.63. The molecule has 7 nitrogen and oxygen atoms in total. The molecule has 4 rings (SSSR count). The number of benzene rings is 1. The lowest BCUT2D eigenvalue weighted by Crippen LogP contribution is -2.47. The Morgan fingerprint density at radius 1 is 1.11 bits per heavy atom. The Morgan fingerprint density at radius 2 is 1.89 bits per heavy atom. The molecule has 0 radical (unpaired) electrons. The Balaban J connectivity index is 1.61. The molecule has 1 aromatic carbocycles. The van der Waals surface area contributed by atoms with Crippen LogP contribution in [0.1, 0.15) is 39.6 Å². The van der Waals surface area contributed by atoms with Crippen molar-refractivity contribution < 1.29 is 14.0 Å². The number of hydrogen-bond donors (Lipinski definition) is 1. The van der Waals surface area contributed by atoms with E-state index >= 15 is 0 Å². The van der Waals surface area contributed by atoms with E-state index in [2.05, 4.69) is 15.2 Å². The van der Waals surface area contributed by atoms with Gasteiger partial charge in [-0.05, 0) is 44.5 Å². The summed E-state index contributed by atoms with van der Waals surface area (Å²) in [6.07, 6.45) is 2.64. The number of amides is 2. The molecule has 2 aliphatic rings. The topological polar surface area (TPSA) is 70.5 Å². The van der Waals surface area contributed by atoms with Gasteiger partial charge in [-0.2, -0.15) is 0 Å². The van der Waals surface area contributed by atoms with E-state index < -0.39 is 11.7 Å². The average Bonchev–Trinajstić information content (AvgIpc) is 3.08. The molecule has 0 unspecified atom stereocenters. The quantitative estimate of drug-likeness (QED) is 0.877. The predicted molar refractivity (Wildman–Crippen MR) is 103 cm³/mol. The van der Waals surface area contributed by atoms with Crippen molar-refractivity contribution in [3.8, 4) is 0 Å². The number of likely N-dealkylation sites (N-methyl/N-ethyl adjacent to an activating group) is 1. The zero-order valence-electron chi connectivity index (χ0n) is 15.9. The monoisotopic (exact) mass is 385 g/mol. The molecule has 1 aromatic heterocycles. The summed E-state index contributed by atoms with van der Waals surface area (Å²) in [5.74, 6) is -0.736. The maximum atomic E-state index is 13.4. The first-order valence-corrected chi connectivity index (χ1v) is 9.67. The Morgan fingerprint density at radius 3 is 2.64 bits per heavy atom. The molecule has 0 aliphatic carbocycles. The molecule has 0 saturated carbocycles. The van der Waals surface area contributed by atoms with Gasteiger partial charge < -0.3 is 19.7 Å². The van der Waals surface area contributed by atoms with Gasteiger partial charge in [-0.15, -0.1) is 0 Å². The van der Waals surface area contributed by atoms with Crippen LogP contribution in [0.2, 0.25) is 0 Å². The second kappa shape index (κ2) is 7.71. The first kappa shape index (κ1) is 18.6. The van der Waals surface area contributed by atoms with Crippen LogP contribution in [-0.2, 0) is 13.0 Å². The minimum Gasteiger partial charge on any atom is -0.335 e. The molecule has 0 bridgehead atoms. The third-order valence-corrected chi connectivity index (χ3v) is 5.40. The van der Waals surface area contributed by atoms with Crippen molar-refractivity contribution in [2.75, 3.05) is 38.5 Å². The summed E-state index contributed by atoms with van der Waals surface area (Å²) in [5, 5.41) is 2.69. The zero-order valence-corrected chi connectivity index (χ0v) is 15.9. The third kappa shape index (κ3) is 3.64. The number of carbonyl (C=O) groups is 2. The summed E-state index contributed by atoms with van der Waals surface area (Å²) in [7, 11) is 2.04. The van der Waals surface area contributed by atoms with Crippen LogP contribution in [0.5, 0.6) is 0 Å². The van der Waals surface area contributed by atoms with E-state index in [4.69, 9.17) is 0 Å². The molecule has 1 N–H and O–H groups in total. The molecule has 0 atom stereocenters. The second-order valence-corrected chi connectivity index (χ2v) is 7.40. The Kier molecular flexibility index (Phi) is 5.13. The SMILES string of the molecule is CN1CCN(C(=O)c2nc(C(=O)Nc3cccc(F)c3)n3c2CCCC3)CC1. The van der Waals surface area contributed by atoms with E-state index in [-0.39, 0.29) is 11.7 Å². The number of nitrogens with zero attached hydrogens (tertiary/aromatic N) is 4. The van der Waals surface area contributed by atoms with Crippen molar-refractivity contribution in [1.29, 1.82) is 0 Å². The van der Waals surface area contributed by atoms with Gasteiger partial charge in [-0.3, -0.25) is 9.59 Å². The number of imidazole rings is 1. The Hall–Kier alpha value is -2.74. The molecule has 28 heavy (non-hydrogen) atoms. The van der Waals surface area contributed by atoms with Crippen molar-refractivity contribution in [2.45, 2.75) is 25.8 Å². The van der Waals surface area contributed by atoms with E-state index in [1.54, 1.807) is 6.07 Å². The third-order valence-electron chi connectivity index (χ3n) is 5.40.